The highest BCUT2D eigenvalue weighted by Gasteiger charge is 2.17. The number of carbonyl (C=O) groups is 1. The Hall–Kier alpha value is -2.12. The second kappa shape index (κ2) is 8.05. The quantitative estimate of drug-likeness (QED) is 0.457. The van der Waals surface area contributed by atoms with Crippen molar-refractivity contribution in [2.24, 2.45) is 0 Å². The molecular weight excluding hydrogens is 366 g/mol. The fourth-order valence-corrected chi connectivity index (χ4v) is 4.37. The number of aromatic nitrogens is 2. The maximum atomic E-state index is 12.8. The average molecular weight is 388 g/mol. The van der Waals surface area contributed by atoms with Crippen molar-refractivity contribution in [1.29, 1.82) is 0 Å². The van der Waals surface area contributed by atoms with E-state index in [2.05, 4.69) is 21.6 Å². The van der Waals surface area contributed by atoms with Crippen LogP contribution in [-0.4, -0.2) is 21.7 Å². The Labute approximate surface area is 161 Å². The summed E-state index contributed by atoms with van der Waals surface area (Å²) < 4.78 is 6.05. The van der Waals surface area contributed by atoms with Gasteiger partial charge in [0, 0.05) is 5.56 Å². The lowest BCUT2D eigenvalue weighted by Gasteiger charge is -2.13. The second-order valence-electron chi connectivity index (χ2n) is 6.15. The van der Waals surface area contributed by atoms with Crippen molar-refractivity contribution in [3.8, 4) is 0 Å². The molecule has 0 unspecified atom stereocenters. The number of aryl methyl sites for hydroxylation is 2. The summed E-state index contributed by atoms with van der Waals surface area (Å²) in [5.41, 5.74) is 5.28. The van der Waals surface area contributed by atoms with Crippen molar-refractivity contribution in [2.45, 2.75) is 38.6 Å². The van der Waals surface area contributed by atoms with E-state index in [1.165, 1.54) is 23.1 Å². The molecule has 0 amide bonds. The highest BCUT2D eigenvalue weighted by molar-refractivity contribution is 8.01. The van der Waals surface area contributed by atoms with Crippen LogP contribution in [0.25, 0.3) is 0 Å². The van der Waals surface area contributed by atoms with Crippen LogP contribution < -0.4 is 5.32 Å². The predicted octanol–water partition coefficient (Wildman–Crippen LogP) is 4.95. The normalized spacial score (nSPS) is 10.9. The molecule has 26 heavy (non-hydrogen) atoms. The molecule has 0 atom stereocenters. The number of Topliss-reactive ketones (excluding diaryl/α,β-unsaturated/α-hetero) is 1. The van der Waals surface area contributed by atoms with E-state index in [-0.39, 0.29) is 5.78 Å². The van der Waals surface area contributed by atoms with E-state index >= 15 is 0 Å². The molecular formula is C19H21N3O2S2. The maximum absolute atomic E-state index is 12.8. The molecule has 3 rings (SSSR count). The number of nitrogens with one attached hydrogen (secondary N) is 1. The summed E-state index contributed by atoms with van der Waals surface area (Å²) in [6.45, 7) is 8.69. The number of furan rings is 1. The maximum Gasteiger partial charge on any atom is 0.206 e. The Balaban J connectivity index is 1.62. The van der Waals surface area contributed by atoms with E-state index in [0.717, 1.165) is 43.0 Å². The number of carbonyl (C=O) groups excluding carboxylic acids is 1. The summed E-state index contributed by atoms with van der Waals surface area (Å²) >= 11 is 2.87. The molecule has 0 spiro atoms. The molecule has 1 aromatic carbocycles. The summed E-state index contributed by atoms with van der Waals surface area (Å²) in [7, 11) is 0. The van der Waals surface area contributed by atoms with Gasteiger partial charge in [-0.25, -0.2) is 0 Å². The number of rotatable bonds is 7. The number of thioether (sulfide) groups is 1. The molecule has 3 aromatic rings. The highest BCUT2D eigenvalue weighted by atomic mass is 32.2. The summed E-state index contributed by atoms with van der Waals surface area (Å²) in [5, 5.41) is 12.2. The average Bonchev–Trinajstić information content (AvgIpc) is 3.28. The van der Waals surface area contributed by atoms with E-state index in [4.69, 9.17) is 4.42 Å². The molecule has 0 saturated carbocycles. The molecule has 5 nitrogen and oxygen atoms in total. The van der Waals surface area contributed by atoms with Crippen molar-refractivity contribution in [2.75, 3.05) is 11.1 Å². The summed E-state index contributed by atoms with van der Waals surface area (Å²) in [6, 6.07) is 5.88. The van der Waals surface area contributed by atoms with Crippen LogP contribution in [0.2, 0.25) is 0 Å². The Bertz CT molecular complexity index is 891. The van der Waals surface area contributed by atoms with Crippen LogP contribution in [0.1, 0.15) is 38.4 Å². The van der Waals surface area contributed by atoms with Crippen LogP contribution in [-0.2, 0) is 6.54 Å². The summed E-state index contributed by atoms with van der Waals surface area (Å²) in [6.07, 6.45) is 1.64. The molecule has 0 bridgehead atoms. The molecule has 0 aliphatic carbocycles. The molecule has 2 heterocycles. The Kier molecular flexibility index (Phi) is 5.78. The third kappa shape index (κ3) is 4.16. The van der Waals surface area contributed by atoms with E-state index in [1.807, 2.05) is 39.8 Å². The van der Waals surface area contributed by atoms with Crippen molar-refractivity contribution in [1.82, 2.24) is 10.2 Å². The summed E-state index contributed by atoms with van der Waals surface area (Å²) in [4.78, 5) is 12.8. The lowest BCUT2D eigenvalue weighted by atomic mass is 9.92. The Morgan fingerprint density at radius 3 is 2.58 bits per heavy atom. The van der Waals surface area contributed by atoms with Crippen molar-refractivity contribution >= 4 is 34.0 Å². The van der Waals surface area contributed by atoms with Gasteiger partial charge in [-0.15, -0.1) is 10.2 Å². The predicted molar refractivity (Wildman–Crippen MR) is 106 cm³/mol. The number of hydrogen-bond donors (Lipinski definition) is 1. The van der Waals surface area contributed by atoms with Gasteiger partial charge in [0.05, 0.1) is 18.6 Å². The number of nitrogens with zero attached hydrogens (tertiary/aromatic N) is 2. The van der Waals surface area contributed by atoms with Crippen molar-refractivity contribution in [3.05, 3.63) is 58.0 Å². The monoisotopic (exact) mass is 387 g/mol. The zero-order valence-corrected chi connectivity index (χ0v) is 16.9. The Morgan fingerprint density at radius 1 is 1.19 bits per heavy atom. The zero-order chi connectivity index (χ0) is 18.7. The number of ketones is 1. The van der Waals surface area contributed by atoms with Crippen LogP contribution in [0.5, 0.6) is 0 Å². The Morgan fingerprint density at radius 2 is 1.92 bits per heavy atom. The first kappa shape index (κ1) is 18.7. The molecule has 0 aliphatic rings. The molecule has 0 aliphatic heterocycles. The van der Waals surface area contributed by atoms with Gasteiger partial charge in [-0.1, -0.05) is 29.2 Å². The van der Waals surface area contributed by atoms with Gasteiger partial charge in [0.25, 0.3) is 0 Å². The first-order valence-corrected chi connectivity index (χ1v) is 10.1. The summed E-state index contributed by atoms with van der Waals surface area (Å²) in [5.74, 6) is 1.33. The minimum Gasteiger partial charge on any atom is -0.467 e. The lowest BCUT2D eigenvalue weighted by molar-refractivity contribution is 0.102. The van der Waals surface area contributed by atoms with Crippen LogP contribution in [0.15, 0.2) is 33.2 Å². The number of hydrogen-bond acceptors (Lipinski definition) is 7. The minimum absolute atomic E-state index is 0.136. The van der Waals surface area contributed by atoms with Gasteiger partial charge >= 0.3 is 0 Å². The van der Waals surface area contributed by atoms with Crippen molar-refractivity contribution < 1.29 is 9.21 Å². The third-order valence-corrected chi connectivity index (χ3v) is 6.39. The lowest BCUT2D eigenvalue weighted by Crippen LogP contribution is -2.09. The molecule has 0 saturated heterocycles. The van der Waals surface area contributed by atoms with Gasteiger partial charge in [0.15, 0.2) is 10.1 Å². The molecule has 0 fully saturated rings. The SMILES string of the molecule is Cc1cc(C)c(C)c(C(=O)CSc2nnc(NCc3ccco3)s2)c1C. The fraction of sp³-hybridized carbons (Fsp3) is 0.316. The second-order valence-corrected chi connectivity index (χ2v) is 8.35. The van der Waals surface area contributed by atoms with Gasteiger partial charge in [-0.05, 0) is 62.1 Å². The standard InChI is InChI=1S/C19H21N3O2S2/c1-11-8-12(2)14(4)17(13(11)3)16(23)10-25-19-22-21-18(26-19)20-9-15-6-5-7-24-15/h5-8H,9-10H2,1-4H3,(H,20,21). The topological polar surface area (TPSA) is 68.0 Å². The minimum atomic E-state index is 0.136. The molecule has 0 radical (unpaired) electrons. The molecule has 1 N–H and O–H groups in total. The van der Waals surface area contributed by atoms with E-state index < -0.39 is 0 Å². The van der Waals surface area contributed by atoms with Gasteiger partial charge < -0.3 is 9.73 Å². The van der Waals surface area contributed by atoms with Gasteiger partial charge in [-0.3, -0.25) is 4.79 Å². The largest absolute Gasteiger partial charge is 0.467 e. The highest BCUT2D eigenvalue weighted by Crippen LogP contribution is 2.28. The van der Waals surface area contributed by atoms with Crippen LogP contribution in [0, 0.1) is 27.7 Å². The van der Waals surface area contributed by atoms with Crippen LogP contribution in [0.3, 0.4) is 0 Å². The molecule has 136 valence electrons. The van der Waals surface area contributed by atoms with E-state index in [0.29, 0.717) is 12.3 Å². The van der Waals surface area contributed by atoms with Crippen molar-refractivity contribution in [3.63, 3.8) is 0 Å². The van der Waals surface area contributed by atoms with E-state index in [1.54, 1.807) is 6.26 Å². The van der Waals surface area contributed by atoms with Gasteiger partial charge in [-0.2, -0.15) is 0 Å². The third-order valence-electron chi connectivity index (χ3n) is 4.37. The molecule has 7 heteroatoms. The first-order valence-electron chi connectivity index (χ1n) is 8.29. The van der Waals surface area contributed by atoms with Gasteiger partial charge in [0.2, 0.25) is 5.13 Å². The number of anilines is 1. The molecule has 2 aromatic heterocycles. The smallest absolute Gasteiger partial charge is 0.206 e. The number of benzene rings is 1. The zero-order valence-electron chi connectivity index (χ0n) is 15.3. The first-order chi connectivity index (χ1) is 12.5. The van der Waals surface area contributed by atoms with Gasteiger partial charge in [0.1, 0.15) is 5.76 Å². The van der Waals surface area contributed by atoms with Crippen LogP contribution in [0.4, 0.5) is 5.13 Å². The fourth-order valence-electron chi connectivity index (χ4n) is 2.75. The van der Waals surface area contributed by atoms with Crippen LogP contribution >= 0.6 is 23.1 Å². The van der Waals surface area contributed by atoms with E-state index in [9.17, 15) is 4.79 Å².